The molecule has 0 aromatic rings. The predicted octanol–water partition coefficient (Wildman–Crippen LogP) is 3.87. The Morgan fingerprint density at radius 3 is 2.78 bits per heavy atom. The third-order valence-corrected chi connectivity index (χ3v) is 8.30. The molecular weight excluding hydrogens is 288 g/mol. The van der Waals surface area contributed by atoms with Crippen LogP contribution in [0.3, 0.4) is 0 Å². The van der Waals surface area contributed by atoms with Gasteiger partial charge in [0.15, 0.2) is 0 Å². The van der Waals surface area contributed by atoms with E-state index >= 15 is 0 Å². The molecule has 0 aromatic heterocycles. The second kappa shape index (κ2) is 4.22. The highest BCUT2D eigenvalue weighted by Crippen LogP contribution is 2.67. The molecule has 3 nitrogen and oxygen atoms in total. The molecule has 0 bridgehead atoms. The number of hydrogen-bond acceptors (Lipinski definition) is 3. The monoisotopic (exact) mass is 316 g/mol. The fourth-order valence-electron chi connectivity index (χ4n) is 7.11. The fraction of sp³-hybridized carbons (Fsp3) is 0.850. The van der Waals surface area contributed by atoms with Gasteiger partial charge in [-0.25, -0.2) is 0 Å². The van der Waals surface area contributed by atoms with Crippen molar-refractivity contribution in [1.82, 2.24) is 0 Å². The van der Waals surface area contributed by atoms with Gasteiger partial charge >= 0.3 is 5.97 Å². The molecule has 2 heterocycles. The highest BCUT2D eigenvalue weighted by molar-refractivity contribution is 5.80. The number of carbonyl (C=O) groups is 1. The Morgan fingerprint density at radius 2 is 1.96 bits per heavy atom. The minimum atomic E-state index is -0.267. The van der Waals surface area contributed by atoms with Gasteiger partial charge in [-0.3, -0.25) is 4.79 Å². The van der Waals surface area contributed by atoms with E-state index < -0.39 is 0 Å². The van der Waals surface area contributed by atoms with Crippen molar-refractivity contribution in [2.75, 3.05) is 6.61 Å². The highest BCUT2D eigenvalue weighted by Gasteiger charge is 2.67. The van der Waals surface area contributed by atoms with Crippen LogP contribution in [-0.2, 0) is 14.3 Å². The maximum atomic E-state index is 12.6. The molecule has 0 N–H and O–H groups in total. The molecule has 5 rings (SSSR count). The third-order valence-electron chi connectivity index (χ3n) is 8.30. The largest absolute Gasteiger partial charge is 0.457 e. The van der Waals surface area contributed by atoms with Gasteiger partial charge < -0.3 is 9.47 Å². The van der Waals surface area contributed by atoms with E-state index in [0.29, 0.717) is 17.3 Å². The fourth-order valence-corrected chi connectivity index (χ4v) is 7.11. The van der Waals surface area contributed by atoms with E-state index in [-0.39, 0.29) is 29.0 Å². The van der Waals surface area contributed by atoms with Crippen LogP contribution in [0.15, 0.2) is 11.6 Å². The lowest BCUT2D eigenvalue weighted by Gasteiger charge is -2.58. The maximum absolute atomic E-state index is 12.6. The van der Waals surface area contributed by atoms with Crippen molar-refractivity contribution in [2.45, 2.75) is 71.5 Å². The average Bonchev–Trinajstić information content (AvgIpc) is 2.99. The second-order valence-electron chi connectivity index (χ2n) is 9.54. The lowest BCUT2D eigenvalue weighted by atomic mass is 9.45. The molecule has 126 valence electrons. The Balaban J connectivity index is 1.65. The van der Waals surface area contributed by atoms with Gasteiger partial charge in [-0.15, -0.1) is 0 Å². The summed E-state index contributed by atoms with van der Waals surface area (Å²) in [7, 11) is 0. The van der Waals surface area contributed by atoms with Gasteiger partial charge in [0.2, 0.25) is 0 Å². The predicted molar refractivity (Wildman–Crippen MR) is 86.7 cm³/mol. The summed E-state index contributed by atoms with van der Waals surface area (Å²) in [5.74, 6) is 0.980. The quantitative estimate of drug-likeness (QED) is 0.503. The lowest BCUT2D eigenvalue weighted by molar-refractivity contribution is -0.148. The summed E-state index contributed by atoms with van der Waals surface area (Å²) in [5.41, 5.74) is 1.70. The Bertz CT molecular complexity index is 610. The topological polar surface area (TPSA) is 35.5 Å². The molecule has 4 fully saturated rings. The van der Waals surface area contributed by atoms with Gasteiger partial charge in [0.25, 0.3) is 0 Å². The molecule has 0 spiro atoms. The maximum Gasteiger partial charge on any atom is 0.312 e. The van der Waals surface area contributed by atoms with E-state index in [1.54, 1.807) is 0 Å². The van der Waals surface area contributed by atoms with Crippen LogP contribution in [0.2, 0.25) is 0 Å². The summed E-state index contributed by atoms with van der Waals surface area (Å²) in [6.45, 7) is 7.88. The van der Waals surface area contributed by atoms with E-state index in [2.05, 4.69) is 26.8 Å². The first kappa shape index (κ1) is 14.5. The number of esters is 1. The van der Waals surface area contributed by atoms with Crippen molar-refractivity contribution in [3.8, 4) is 0 Å². The summed E-state index contributed by atoms with van der Waals surface area (Å²) in [5, 5.41) is 0. The molecule has 0 aromatic carbocycles. The van der Waals surface area contributed by atoms with Crippen LogP contribution >= 0.6 is 0 Å². The van der Waals surface area contributed by atoms with Gasteiger partial charge in [0.05, 0.1) is 11.5 Å². The first-order valence-corrected chi connectivity index (χ1v) is 9.43. The Hall–Kier alpha value is -0.830. The Kier molecular flexibility index (Phi) is 2.66. The molecule has 7 unspecified atom stereocenters. The van der Waals surface area contributed by atoms with Crippen LogP contribution in [0, 0.1) is 28.1 Å². The molecular formula is C20H28O3. The summed E-state index contributed by atoms with van der Waals surface area (Å²) < 4.78 is 12.1. The van der Waals surface area contributed by atoms with Gasteiger partial charge in [0, 0.05) is 12.5 Å². The van der Waals surface area contributed by atoms with Crippen LogP contribution in [0.5, 0.6) is 0 Å². The number of carbonyl (C=O) groups excluding carboxylic acids is 1. The number of ether oxygens (including phenoxy) is 2. The van der Waals surface area contributed by atoms with Crippen LogP contribution in [0.4, 0.5) is 0 Å². The summed E-state index contributed by atoms with van der Waals surface area (Å²) in [6, 6.07) is 0. The SMILES string of the molecule is CC12CCOC1C1=CC3OC(=O)C4(C)CCCC(C)(C1CC2)C34. The summed E-state index contributed by atoms with van der Waals surface area (Å²) >= 11 is 0. The minimum absolute atomic E-state index is 0.0180. The van der Waals surface area contributed by atoms with Crippen LogP contribution < -0.4 is 0 Å². The molecule has 2 aliphatic heterocycles. The van der Waals surface area contributed by atoms with Crippen molar-refractivity contribution in [3.05, 3.63) is 11.6 Å². The molecule has 7 atom stereocenters. The number of fused-ring (bicyclic) bond motifs is 4. The van der Waals surface area contributed by atoms with E-state index in [1.165, 1.54) is 31.3 Å². The average molecular weight is 316 g/mol. The van der Waals surface area contributed by atoms with Gasteiger partial charge in [-0.1, -0.05) is 20.3 Å². The molecule has 0 radical (unpaired) electrons. The van der Waals surface area contributed by atoms with Crippen molar-refractivity contribution >= 4 is 5.97 Å². The van der Waals surface area contributed by atoms with E-state index in [4.69, 9.17) is 9.47 Å². The van der Waals surface area contributed by atoms with Crippen molar-refractivity contribution in [3.63, 3.8) is 0 Å². The molecule has 2 saturated carbocycles. The number of rotatable bonds is 0. The first-order valence-electron chi connectivity index (χ1n) is 9.43. The third kappa shape index (κ3) is 1.58. The first-order chi connectivity index (χ1) is 10.9. The Labute approximate surface area is 138 Å². The zero-order chi connectivity index (χ0) is 16.0. The van der Waals surface area contributed by atoms with Gasteiger partial charge in [0.1, 0.15) is 6.10 Å². The molecule has 2 saturated heterocycles. The van der Waals surface area contributed by atoms with Crippen molar-refractivity contribution < 1.29 is 14.3 Å². The molecule has 23 heavy (non-hydrogen) atoms. The summed E-state index contributed by atoms with van der Waals surface area (Å²) in [4.78, 5) is 12.6. The zero-order valence-electron chi connectivity index (χ0n) is 14.6. The molecule has 5 aliphatic rings. The number of hydrogen-bond donors (Lipinski definition) is 0. The van der Waals surface area contributed by atoms with Crippen LogP contribution in [0.25, 0.3) is 0 Å². The van der Waals surface area contributed by atoms with Crippen molar-refractivity contribution in [2.24, 2.45) is 28.1 Å². The minimum Gasteiger partial charge on any atom is -0.457 e. The van der Waals surface area contributed by atoms with E-state index in [1.807, 2.05) is 0 Å². The van der Waals surface area contributed by atoms with Gasteiger partial charge in [-0.05, 0) is 67.4 Å². The zero-order valence-corrected chi connectivity index (χ0v) is 14.6. The molecule has 3 heteroatoms. The van der Waals surface area contributed by atoms with Crippen molar-refractivity contribution in [1.29, 1.82) is 0 Å². The molecule has 3 aliphatic carbocycles. The lowest BCUT2D eigenvalue weighted by Crippen LogP contribution is -2.56. The summed E-state index contributed by atoms with van der Waals surface area (Å²) in [6.07, 6.45) is 9.62. The van der Waals surface area contributed by atoms with E-state index in [0.717, 1.165) is 19.4 Å². The second-order valence-corrected chi connectivity index (χ2v) is 9.54. The van der Waals surface area contributed by atoms with Crippen LogP contribution in [-0.4, -0.2) is 24.8 Å². The standard InChI is InChI=1S/C20H28O3/c1-18-8-5-13-12(16(18)22-10-9-18)11-14-15-19(13,2)6-4-7-20(15,3)17(21)23-14/h11,13-16H,4-10H2,1-3H3. The Morgan fingerprint density at radius 1 is 1.13 bits per heavy atom. The van der Waals surface area contributed by atoms with E-state index in [9.17, 15) is 4.79 Å². The normalized spacial score (nSPS) is 57.2. The molecule has 0 amide bonds. The smallest absolute Gasteiger partial charge is 0.312 e. The van der Waals surface area contributed by atoms with Gasteiger partial charge in [-0.2, -0.15) is 0 Å². The highest BCUT2D eigenvalue weighted by atomic mass is 16.6. The van der Waals surface area contributed by atoms with Crippen LogP contribution in [0.1, 0.15) is 59.3 Å².